The molecule has 0 aliphatic heterocycles. The van der Waals surface area contributed by atoms with Crippen LogP contribution >= 0.6 is 0 Å². The molecule has 1 N–H and O–H groups in total. The summed E-state index contributed by atoms with van der Waals surface area (Å²) in [5, 5.41) is 1.06. The van der Waals surface area contributed by atoms with Crippen LogP contribution in [0.1, 0.15) is 6.92 Å². The van der Waals surface area contributed by atoms with Gasteiger partial charge in [0.2, 0.25) is 5.75 Å². The van der Waals surface area contributed by atoms with Gasteiger partial charge in [0.1, 0.15) is 0 Å². The second-order valence-electron chi connectivity index (χ2n) is 5.81. The van der Waals surface area contributed by atoms with Gasteiger partial charge in [-0.05, 0) is 19.1 Å². The molecule has 2 aromatic carbocycles. The molecule has 3 aromatic rings. The third kappa shape index (κ3) is 3.40. The molecule has 8 heteroatoms. The van der Waals surface area contributed by atoms with Gasteiger partial charge in [-0.3, -0.25) is 4.72 Å². The number of nitrogens with zero attached hydrogens (tertiary/aromatic N) is 1. The minimum Gasteiger partial charge on any atom is -0.493 e. The summed E-state index contributed by atoms with van der Waals surface area (Å²) in [4.78, 5) is 0. The fourth-order valence-electron chi connectivity index (χ4n) is 3.08. The van der Waals surface area contributed by atoms with Crippen LogP contribution in [0.3, 0.4) is 0 Å². The number of fused-ring (bicyclic) bond motifs is 1. The molecule has 0 spiro atoms. The van der Waals surface area contributed by atoms with E-state index in [2.05, 4.69) is 4.72 Å². The molecule has 0 saturated carbocycles. The van der Waals surface area contributed by atoms with Crippen molar-refractivity contribution in [1.82, 2.24) is 4.57 Å². The largest absolute Gasteiger partial charge is 0.493 e. The quantitative estimate of drug-likeness (QED) is 0.668. The number of hydrogen-bond donors (Lipinski definition) is 1. The van der Waals surface area contributed by atoms with Crippen LogP contribution in [0, 0.1) is 0 Å². The number of hydrogen-bond acceptors (Lipinski definition) is 5. The van der Waals surface area contributed by atoms with Gasteiger partial charge in [-0.2, -0.15) is 8.42 Å². The second-order valence-corrected chi connectivity index (χ2v) is 7.43. The maximum atomic E-state index is 13.1. The van der Waals surface area contributed by atoms with Crippen molar-refractivity contribution < 1.29 is 22.6 Å². The Labute approximate surface area is 158 Å². The third-order valence-corrected chi connectivity index (χ3v) is 5.67. The molecule has 0 radical (unpaired) electrons. The van der Waals surface area contributed by atoms with Crippen LogP contribution in [0.2, 0.25) is 0 Å². The van der Waals surface area contributed by atoms with Crippen molar-refractivity contribution in [2.45, 2.75) is 18.5 Å². The van der Waals surface area contributed by atoms with E-state index in [1.165, 1.54) is 21.3 Å². The summed E-state index contributed by atoms with van der Waals surface area (Å²) in [6, 6.07) is 12.3. The highest BCUT2D eigenvalue weighted by Gasteiger charge is 2.23. The van der Waals surface area contributed by atoms with Crippen molar-refractivity contribution in [3.05, 3.63) is 42.5 Å². The van der Waals surface area contributed by atoms with Crippen molar-refractivity contribution in [2.75, 3.05) is 26.1 Å². The Hall–Kier alpha value is -2.87. The zero-order valence-corrected chi connectivity index (χ0v) is 16.5. The van der Waals surface area contributed by atoms with E-state index in [1.54, 1.807) is 22.8 Å². The molecule has 27 heavy (non-hydrogen) atoms. The molecular weight excluding hydrogens is 368 g/mol. The predicted octanol–water partition coefficient (Wildman–Crippen LogP) is 3.49. The normalized spacial score (nSPS) is 11.4. The number of aryl methyl sites for hydroxylation is 1. The number of methoxy groups -OCH3 is 3. The van der Waals surface area contributed by atoms with Gasteiger partial charge in [0.05, 0.1) is 27.0 Å². The van der Waals surface area contributed by atoms with Crippen molar-refractivity contribution in [2.24, 2.45) is 0 Å². The van der Waals surface area contributed by atoms with Crippen LogP contribution in [0.5, 0.6) is 17.2 Å². The average molecular weight is 390 g/mol. The number of ether oxygens (including phenoxy) is 3. The van der Waals surface area contributed by atoms with Gasteiger partial charge in [-0.1, -0.05) is 18.2 Å². The summed E-state index contributed by atoms with van der Waals surface area (Å²) in [6.45, 7) is 2.43. The number of sulfonamides is 1. The number of para-hydroxylation sites is 1. The molecular formula is C19H22N2O5S. The first kappa shape index (κ1) is 18.9. The highest BCUT2D eigenvalue weighted by Crippen LogP contribution is 2.40. The van der Waals surface area contributed by atoms with Gasteiger partial charge in [0, 0.05) is 29.6 Å². The molecule has 0 saturated heterocycles. The molecule has 0 amide bonds. The van der Waals surface area contributed by atoms with E-state index in [9.17, 15) is 8.42 Å². The van der Waals surface area contributed by atoms with Gasteiger partial charge >= 0.3 is 0 Å². The van der Waals surface area contributed by atoms with Crippen LogP contribution in [0.4, 0.5) is 5.69 Å². The molecule has 0 bridgehead atoms. The van der Waals surface area contributed by atoms with Crippen molar-refractivity contribution in [3.8, 4) is 17.2 Å². The lowest BCUT2D eigenvalue weighted by atomic mass is 10.2. The Morgan fingerprint density at radius 3 is 2.15 bits per heavy atom. The first-order valence-electron chi connectivity index (χ1n) is 8.36. The van der Waals surface area contributed by atoms with Gasteiger partial charge < -0.3 is 18.8 Å². The molecule has 0 aliphatic rings. The topological polar surface area (TPSA) is 78.8 Å². The predicted molar refractivity (Wildman–Crippen MR) is 105 cm³/mol. The molecule has 0 atom stereocenters. The molecule has 7 nitrogen and oxygen atoms in total. The second kappa shape index (κ2) is 7.40. The minimum atomic E-state index is -3.83. The summed E-state index contributed by atoms with van der Waals surface area (Å²) in [5.41, 5.74) is 1.18. The standard InChI is InChI=1S/C19H22N2O5S/c1-5-21-15-9-7-6-8-13(15)10-18(21)27(22,23)20-14-11-16(24-2)19(26-4)17(12-14)25-3/h6-12,20H,5H2,1-4H3. The van der Waals surface area contributed by atoms with Crippen molar-refractivity contribution in [3.63, 3.8) is 0 Å². The Morgan fingerprint density at radius 2 is 1.59 bits per heavy atom. The number of aromatic nitrogens is 1. The molecule has 3 rings (SSSR count). The first-order valence-corrected chi connectivity index (χ1v) is 9.84. The van der Waals surface area contributed by atoms with Gasteiger partial charge in [0.25, 0.3) is 10.0 Å². The van der Waals surface area contributed by atoms with E-state index in [1.807, 2.05) is 31.2 Å². The number of anilines is 1. The number of rotatable bonds is 7. The Morgan fingerprint density at radius 1 is 0.963 bits per heavy atom. The SMILES string of the molecule is CCn1c(S(=O)(=O)Nc2cc(OC)c(OC)c(OC)c2)cc2ccccc21. The summed E-state index contributed by atoms with van der Waals surface area (Å²) in [7, 11) is 0.617. The first-order chi connectivity index (χ1) is 12.9. The Bertz CT molecular complexity index is 1050. The maximum absolute atomic E-state index is 13.1. The van der Waals surface area contributed by atoms with E-state index in [0.29, 0.717) is 29.5 Å². The fourth-order valence-corrected chi connectivity index (χ4v) is 4.41. The highest BCUT2D eigenvalue weighted by atomic mass is 32.2. The van der Waals surface area contributed by atoms with E-state index in [0.717, 1.165) is 10.9 Å². The van der Waals surface area contributed by atoms with E-state index >= 15 is 0 Å². The molecule has 1 aromatic heterocycles. The van der Waals surface area contributed by atoms with Gasteiger partial charge in [0.15, 0.2) is 16.5 Å². The minimum absolute atomic E-state index is 0.194. The monoisotopic (exact) mass is 390 g/mol. The van der Waals surface area contributed by atoms with E-state index in [4.69, 9.17) is 14.2 Å². The fraction of sp³-hybridized carbons (Fsp3) is 0.263. The van der Waals surface area contributed by atoms with Crippen molar-refractivity contribution >= 4 is 26.6 Å². The molecule has 1 heterocycles. The van der Waals surface area contributed by atoms with Crippen LogP contribution in [0.15, 0.2) is 47.5 Å². The molecule has 144 valence electrons. The number of nitrogens with one attached hydrogen (secondary N) is 1. The summed E-state index contributed by atoms with van der Waals surface area (Å²) in [5.74, 6) is 1.13. The van der Waals surface area contributed by atoms with Gasteiger partial charge in [-0.15, -0.1) is 0 Å². The molecule has 0 fully saturated rings. The maximum Gasteiger partial charge on any atom is 0.277 e. The van der Waals surface area contributed by atoms with Crippen LogP contribution in [0.25, 0.3) is 10.9 Å². The summed E-state index contributed by atoms with van der Waals surface area (Å²) >= 11 is 0. The molecule has 0 aliphatic carbocycles. The zero-order chi connectivity index (χ0) is 19.6. The zero-order valence-electron chi connectivity index (χ0n) is 15.6. The van der Waals surface area contributed by atoms with Crippen LogP contribution in [-0.2, 0) is 16.6 Å². The van der Waals surface area contributed by atoms with Crippen molar-refractivity contribution in [1.29, 1.82) is 0 Å². The molecule has 0 unspecified atom stereocenters. The number of benzene rings is 2. The Balaban J connectivity index is 2.08. The van der Waals surface area contributed by atoms with Gasteiger partial charge in [-0.25, -0.2) is 0 Å². The smallest absolute Gasteiger partial charge is 0.277 e. The Kier molecular flexibility index (Phi) is 5.18. The van der Waals surface area contributed by atoms with E-state index < -0.39 is 10.0 Å². The summed E-state index contributed by atoms with van der Waals surface area (Å²) < 4.78 is 46.3. The third-order valence-electron chi connectivity index (χ3n) is 4.28. The van der Waals surface area contributed by atoms with Crippen LogP contribution < -0.4 is 18.9 Å². The van der Waals surface area contributed by atoms with E-state index in [-0.39, 0.29) is 5.03 Å². The lowest BCUT2D eigenvalue weighted by molar-refractivity contribution is 0.324. The summed E-state index contributed by atoms with van der Waals surface area (Å²) in [6.07, 6.45) is 0. The highest BCUT2D eigenvalue weighted by molar-refractivity contribution is 7.92. The lowest BCUT2D eigenvalue weighted by Crippen LogP contribution is -2.17. The average Bonchev–Trinajstić information content (AvgIpc) is 3.06. The lowest BCUT2D eigenvalue weighted by Gasteiger charge is -2.16. The van der Waals surface area contributed by atoms with Crippen LogP contribution in [-0.4, -0.2) is 34.3 Å².